The molecule has 0 saturated carbocycles. The van der Waals surface area contributed by atoms with Gasteiger partial charge in [0.05, 0.1) is 16.1 Å². The van der Waals surface area contributed by atoms with Gasteiger partial charge in [0.25, 0.3) is 15.9 Å². The molecule has 3 aromatic rings. The summed E-state index contributed by atoms with van der Waals surface area (Å²) in [7, 11) is -4.09. The van der Waals surface area contributed by atoms with Gasteiger partial charge in [0, 0.05) is 6.54 Å². The standard InChI is InChI=1S/C24H23FN2O5S/c1-17-15-19(25)11-12-22(17)33(30,31)27-21-10-6-5-9-20(21)24(29)32-16-23(28)26-14-13-18-7-3-2-4-8-18/h2-12,15,27H,13-14,16H2,1H3,(H,26,28). The highest BCUT2D eigenvalue weighted by atomic mass is 32.2. The number of aryl methyl sites for hydroxylation is 1. The normalized spacial score (nSPS) is 11.0. The number of ether oxygens (including phenoxy) is 1. The van der Waals surface area contributed by atoms with Gasteiger partial charge >= 0.3 is 5.97 Å². The Morgan fingerprint density at radius 1 is 0.970 bits per heavy atom. The third-order valence-corrected chi connectivity index (χ3v) is 6.26. The molecule has 0 aliphatic carbocycles. The zero-order valence-electron chi connectivity index (χ0n) is 17.9. The number of nitrogens with one attached hydrogen (secondary N) is 2. The smallest absolute Gasteiger partial charge is 0.340 e. The minimum Gasteiger partial charge on any atom is -0.452 e. The molecule has 0 radical (unpaired) electrons. The van der Waals surface area contributed by atoms with Gasteiger partial charge in [-0.2, -0.15) is 0 Å². The summed E-state index contributed by atoms with van der Waals surface area (Å²) in [6.07, 6.45) is 0.633. The Hall–Kier alpha value is -3.72. The first-order valence-corrected chi connectivity index (χ1v) is 11.6. The van der Waals surface area contributed by atoms with Gasteiger partial charge in [-0.05, 0) is 54.8 Å². The SMILES string of the molecule is Cc1cc(F)ccc1S(=O)(=O)Nc1ccccc1C(=O)OCC(=O)NCCc1ccccc1. The number of para-hydroxylation sites is 1. The van der Waals surface area contributed by atoms with Crippen LogP contribution in [0, 0.1) is 12.7 Å². The molecule has 0 heterocycles. The number of rotatable bonds is 9. The maximum absolute atomic E-state index is 13.3. The van der Waals surface area contributed by atoms with Crippen molar-refractivity contribution in [2.24, 2.45) is 0 Å². The Kier molecular flexibility index (Phi) is 7.78. The highest BCUT2D eigenvalue weighted by molar-refractivity contribution is 7.92. The molecule has 9 heteroatoms. The summed E-state index contributed by atoms with van der Waals surface area (Å²) in [5, 5.41) is 2.66. The fourth-order valence-corrected chi connectivity index (χ4v) is 4.42. The molecule has 172 valence electrons. The van der Waals surface area contributed by atoms with Gasteiger partial charge < -0.3 is 10.1 Å². The number of benzene rings is 3. The van der Waals surface area contributed by atoms with Crippen LogP contribution >= 0.6 is 0 Å². The van der Waals surface area contributed by atoms with Crippen LogP contribution in [-0.4, -0.2) is 33.4 Å². The molecule has 0 aromatic heterocycles. The number of esters is 1. The number of sulfonamides is 1. The molecule has 33 heavy (non-hydrogen) atoms. The van der Waals surface area contributed by atoms with Crippen molar-refractivity contribution in [1.29, 1.82) is 0 Å². The second kappa shape index (κ2) is 10.7. The summed E-state index contributed by atoms with van der Waals surface area (Å²) in [6, 6.07) is 18.7. The molecule has 0 unspecified atom stereocenters. The Morgan fingerprint density at radius 3 is 2.39 bits per heavy atom. The zero-order chi connectivity index (χ0) is 23.8. The van der Waals surface area contributed by atoms with E-state index in [1.807, 2.05) is 30.3 Å². The largest absolute Gasteiger partial charge is 0.452 e. The van der Waals surface area contributed by atoms with Gasteiger partial charge in [-0.25, -0.2) is 17.6 Å². The van der Waals surface area contributed by atoms with E-state index in [1.165, 1.54) is 25.1 Å². The van der Waals surface area contributed by atoms with Gasteiger partial charge in [0.1, 0.15) is 5.82 Å². The molecule has 0 fully saturated rings. The molecule has 0 atom stereocenters. The van der Waals surface area contributed by atoms with E-state index in [0.717, 1.165) is 23.8 Å². The Labute approximate surface area is 191 Å². The van der Waals surface area contributed by atoms with E-state index in [-0.39, 0.29) is 21.7 Å². The fraction of sp³-hybridized carbons (Fsp3) is 0.167. The lowest BCUT2D eigenvalue weighted by Gasteiger charge is -2.13. The van der Waals surface area contributed by atoms with Gasteiger partial charge in [0.2, 0.25) is 0 Å². The topological polar surface area (TPSA) is 102 Å². The Bertz CT molecular complexity index is 1250. The summed E-state index contributed by atoms with van der Waals surface area (Å²) in [6.45, 7) is 1.34. The molecule has 3 rings (SSSR count). The van der Waals surface area contributed by atoms with Crippen LogP contribution in [-0.2, 0) is 26.0 Å². The first-order chi connectivity index (χ1) is 15.8. The molecule has 0 bridgehead atoms. The van der Waals surface area contributed by atoms with Crippen LogP contribution in [0.1, 0.15) is 21.5 Å². The van der Waals surface area contributed by atoms with Crippen molar-refractivity contribution in [3.63, 3.8) is 0 Å². The highest BCUT2D eigenvalue weighted by Gasteiger charge is 2.21. The van der Waals surface area contributed by atoms with Crippen molar-refractivity contribution in [3.05, 3.63) is 95.3 Å². The Balaban J connectivity index is 1.61. The monoisotopic (exact) mass is 470 g/mol. The van der Waals surface area contributed by atoms with Crippen molar-refractivity contribution in [3.8, 4) is 0 Å². The lowest BCUT2D eigenvalue weighted by Crippen LogP contribution is -2.30. The third-order valence-electron chi connectivity index (χ3n) is 4.73. The average Bonchev–Trinajstić information content (AvgIpc) is 2.78. The fourth-order valence-electron chi connectivity index (χ4n) is 3.11. The van der Waals surface area contributed by atoms with E-state index in [1.54, 1.807) is 6.07 Å². The molecule has 2 N–H and O–H groups in total. The van der Waals surface area contributed by atoms with E-state index in [0.29, 0.717) is 13.0 Å². The van der Waals surface area contributed by atoms with Crippen LogP contribution in [0.25, 0.3) is 0 Å². The lowest BCUT2D eigenvalue weighted by molar-refractivity contribution is -0.124. The van der Waals surface area contributed by atoms with Crippen LogP contribution < -0.4 is 10.0 Å². The van der Waals surface area contributed by atoms with Gasteiger partial charge in [-0.1, -0.05) is 42.5 Å². The van der Waals surface area contributed by atoms with E-state index < -0.39 is 34.3 Å². The number of amides is 1. The number of carbonyl (C=O) groups excluding carboxylic acids is 2. The van der Waals surface area contributed by atoms with Crippen molar-refractivity contribution in [1.82, 2.24) is 5.32 Å². The summed E-state index contributed by atoms with van der Waals surface area (Å²) in [5.74, 6) is -1.89. The molecular formula is C24H23FN2O5S. The predicted molar refractivity (Wildman–Crippen MR) is 122 cm³/mol. The summed E-state index contributed by atoms with van der Waals surface area (Å²) < 4.78 is 46.2. The van der Waals surface area contributed by atoms with Gasteiger partial charge in [-0.15, -0.1) is 0 Å². The van der Waals surface area contributed by atoms with Crippen molar-refractivity contribution in [2.75, 3.05) is 17.9 Å². The Morgan fingerprint density at radius 2 is 1.67 bits per heavy atom. The number of anilines is 1. The highest BCUT2D eigenvalue weighted by Crippen LogP contribution is 2.23. The molecule has 0 saturated heterocycles. The minimum absolute atomic E-state index is 0.0179. The molecule has 0 spiro atoms. The molecule has 7 nitrogen and oxygen atoms in total. The van der Waals surface area contributed by atoms with E-state index in [9.17, 15) is 22.4 Å². The summed E-state index contributed by atoms with van der Waals surface area (Å²) in [4.78, 5) is 24.4. The molecular weight excluding hydrogens is 447 g/mol. The minimum atomic E-state index is -4.09. The number of halogens is 1. The zero-order valence-corrected chi connectivity index (χ0v) is 18.7. The van der Waals surface area contributed by atoms with E-state index >= 15 is 0 Å². The predicted octanol–water partition coefficient (Wildman–Crippen LogP) is 3.45. The molecule has 0 aliphatic heterocycles. The van der Waals surface area contributed by atoms with Gasteiger partial charge in [-0.3, -0.25) is 9.52 Å². The number of hydrogen-bond donors (Lipinski definition) is 2. The van der Waals surface area contributed by atoms with Crippen LogP contribution in [0.5, 0.6) is 0 Å². The van der Waals surface area contributed by atoms with E-state index in [4.69, 9.17) is 4.74 Å². The maximum Gasteiger partial charge on any atom is 0.340 e. The van der Waals surface area contributed by atoms with Crippen LogP contribution in [0.2, 0.25) is 0 Å². The number of carbonyl (C=O) groups is 2. The summed E-state index contributed by atoms with van der Waals surface area (Å²) in [5.41, 5.74) is 1.20. The first-order valence-electron chi connectivity index (χ1n) is 10.1. The second-order valence-corrected chi connectivity index (χ2v) is 8.87. The van der Waals surface area contributed by atoms with Crippen LogP contribution in [0.15, 0.2) is 77.7 Å². The molecule has 1 amide bonds. The quantitative estimate of drug-likeness (QED) is 0.467. The summed E-state index contributed by atoms with van der Waals surface area (Å²) >= 11 is 0. The second-order valence-electron chi connectivity index (χ2n) is 7.22. The van der Waals surface area contributed by atoms with Crippen molar-refractivity contribution >= 4 is 27.6 Å². The average molecular weight is 471 g/mol. The van der Waals surface area contributed by atoms with Crippen LogP contribution in [0.3, 0.4) is 0 Å². The lowest BCUT2D eigenvalue weighted by atomic mass is 10.1. The van der Waals surface area contributed by atoms with Crippen molar-refractivity contribution < 1.29 is 27.1 Å². The van der Waals surface area contributed by atoms with Crippen LogP contribution in [0.4, 0.5) is 10.1 Å². The first kappa shape index (κ1) is 23.9. The molecule has 0 aliphatic rings. The van der Waals surface area contributed by atoms with Crippen molar-refractivity contribution in [2.45, 2.75) is 18.2 Å². The molecule has 3 aromatic carbocycles. The maximum atomic E-state index is 13.3. The third kappa shape index (κ3) is 6.63. The van der Waals surface area contributed by atoms with E-state index in [2.05, 4.69) is 10.0 Å². The number of hydrogen-bond acceptors (Lipinski definition) is 5. The van der Waals surface area contributed by atoms with Gasteiger partial charge in [0.15, 0.2) is 6.61 Å².